The van der Waals surface area contributed by atoms with Crippen molar-refractivity contribution in [2.45, 2.75) is 19.4 Å². The molecular formula is C17H18BrN5O. The third-order valence-corrected chi connectivity index (χ3v) is 4.16. The highest BCUT2D eigenvalue weighted by Gasteiger charge is 2.15. The lowest BCUT2D eigenvalue weighted by Crippen LogP contribution is -2.06. The van der Waals surface area contributed by atoms with Crippen LogP contribution in [0.3, 0.4) is 0 Å². The maximum absolute atomic E-state index is 5.98. The van der Waals surface area contributed by atoms with Gasteiger partial charge in [-0.3, -0.25) is 4.57 Å². The standard InChI is InChI=1S/C17H18BrN5O/c1-2-10-23-15-13(20-16(23)18)14(19)21-17(22-15)24-11-6-9-12-7-4-3-5-8-12/h2-5,7-8H,1,6,9-11H2,(H2,19,21,22). The molecule has 0 bridgehead atoms. The summed E-state index contributed by atoms with van der Waals surface area (Å²) in [7, 11) is 0. The van der Waals surface area contributed by atoms with Crippen molar-refractivity contribution >= 4 is 32.9 Å². The topological polar surface area (TPSA) is 78.9 Å². The van der Waals surface area contributed by atoms with Gasteiger partial charge in [0.2, 0.25) is 0 Å². The van der Waals surface area contributed by atoms with E-state index in [1.807, 2.05) is 22.8 Å². The number of anilines is 1. The van der Waals surface area contributed by atoms with E-state index < -0.39 is 0 Å². The number of benzene rings is 1. The number of halogens is 1. The Kier molecular flexibility index (Phi) is 5.10. The summed E-state index contributed by atoms with van der Waals surface area (Å²) in [5.41, 5.74) is 8.45. The van der Waals surface area contributed by atoms with Crippen LogP contribution in [0.2, 0.25) is 0 Å². The van der Waals surface area contributed by atoms with Gasteiger partial charge >= 0.3 is 6.01 Å². The highest BCUT2D eigenvalue weighted by Crippen LogP contribution is 2.24. The van der Waals surface area contributed by atoms with Crippen molar-refractivity contribution in [1.29, 1.82) is 0 Å². The van der Waals surface area contributed by atoms with Gasteiger partial charge in [0.15, 0.2) is 21.7 Å². The number of imidazole rings is 1. The van der Waals surface area contributed by atoms with E-state index in [1.165, 1.54) is 5.56 Å². The molecule has 0 saturated heterocycles. The van der Waals surface area contributed by atoms with Crippen molar-refractivity contribution in [3.63, 3.8) is 0 Å². The van der Waals surface area contributed by atoms with Gasteiger partial charge in [-0.15, -0.1) is 6.58 Å². The number of nitrogen functional groups attached to an aromatic ring is 1. The predicted molar refractivity (Wildman–Crippen MR) is 97.9 cm³/mol. The van der Waals surface area contributed by atoms with Gasteiger partial charge in [0.1, 0.15) is 0 Å². The van der Waals surface area contributed by atoms with Crippen LogP contribution in [-0.2, 0) is 13.0 Å². The quantitative estimate of drug-likeness (QED) is 0.382. The van der Waals surface area contributed by atoms with E-state index in [-0.39, 0.29) is 6.01 Å². The van der Waals surface area contributed by atoms with Crippen LogP contribution in [0.25, 0.3) is 11.2 Å². The van der Waals surface area contributed by atoms with E-state index in [2.05, 4.69) is 49.6 Å². The smallest absolute Gasteiger partial charge is 0.320 e. The van der Waals surface area contributed by atoms with Crippen molar-refractivity contribution in [2.24, 2.45) is 0 Å². The Labute approximate surface area is 148 Å². The van der Waals surface area contributed by atoms with Crippen molar-refractivity contribution < 1.29 is 4.74 Å². The molecule has 2 N–H and O–H groups in total. The largest absolute Gasteiger partial charge is 0.463 e. The van der Waals surface area contributed by atoms with Crippen LogP contribution in [0.5, 0.6) is 6.01 Å². The first-order valence-corrected chi connectivity index (χ1v) is 8.45. The van der Waals surface area contributed by atoms with Gasteiger partial charge in [0, 0.05) is 6.54 Å². The summed E-state index contributed by atoms with van der Waals surface area (Å²) >= 11 is 3.40. The van der Waals surface area contributed by atoms with E-state index >= 15 is 0 Å². The Morgan fingerprint density at radius 3 is 2.75 bits per heavy atom. The molecule has 0 saturated carbocycles. The van der Waals surface area contributed by atoms with Crippen LogP contribution >= 0.6 is 15.9 Å². The molecule has 0 unspecified atom stereocenters. The Hall–Kier alpha value is -2.41. The number of aromatic nitrogens is 4. The molecule has 1 aromatic carbocycles. The van der Waals surface area contributed by atoms with Crippen LogP contribution in [0, 0.1) is 0 Å². The first-order chi connectivity index (χ1) is 11.7. The zero-order valence-electron chi connectivity index (χ0n) is 13.2. The van der Waals surface area contributed by atoms with E-state index in [4.69, 9.17) is 10.5 Å². The molecule has 0 radical (unpaired) electrons. The Balaban J connectivity index is 1.70. The van der Waals surface area contributed by atoms with Crippen molar-refractivity contribution in [2.75, 3.05) is 12.3 Å². The zero-order chi connectivity index (χ0) is 16.9. The van der Waals surface area contributed by atoms with E-state index in [9.17, 15) is 0 Å². The molecule has 124 valence electrons. The Morgan fingerprint density at radius 1 is 1.21 bits per heavy atom. The fraction of sp³-hybridized carbons (Fsp3) is 0.235. The van der Waals surface area contributed by atoms with Crippen LogP contribution in [-0.4, -0.2) is 26.1 Å². The fourth-order valence-electron chi connectivity index (χ4n) is 2.41. The number of nitrogens with two attached hydrogens (primary N) is 1. The Morgan fingerprint density at radius 2 is 2.00 bits per heavy atom. The molecule has 24 heavy (non-hydrogen) atoms. The number of rotatable bonds is 7. The number of ether oxygens (including phenoxy) is 1. The molecule has 0 aliphatic rings. The first-order valence-electron chi connectivity index (χ1n) is 7.66. The summed E-state index contributed by atoms with van der Waals surface area (Å²) in [4.78, 5) is 12.9. The molecular weight excluding hydrogens is 370 g/mol. The van der Waals surface area contributed by atoms with Gasteiger partial charge in [0.05, 0.1) is 6.61 Å². The molecule has 0 aliphatic carbocycles. The van der Waals surface area contributed by atoms with Gasteiger partial charge in [-0.1, -0.05) is 36.4 Å². The maximum atomic E-state index is 5.98. The van der Waals surface area contributed by atoms with E-state index in [0.29, 0.717) is 34.9 Å². The lowest BCUT2D eigenvalue weighted by molar-refractivity contribution is 0.288. The molecule has 2 aromatic heterocycles. The minimum Gasteiger partial charge on any atom is -0.463 e. The second kappa shape index (κ2) is 7.44. The molecule has 3 rings (SSSR count). The molecule has 3 aromatic rings. The van der Waals surface area contributed by atoms with Crippen LogP contribution in [0.4, 0.5) is 5.82 Å². The van der Waals surface area contributed by atoms with Gasteiger partial charge in [-0.2, -0.15) is 9.97 Å². The second-order valence-corrected chi connectivity index (χ2v) is 5.99. The number of allylic oxidation sites excluding steroid dienone is 1. The number of fused-ring (bicyclic) bond motifs is 1. The molecule has 0 fully saturated rings. The summed E-state index contributed by atoms with van der Waals surface area (Å²) in [5, 5.41) is 0. The van der Waals surface area contributed by atoms with E-state index in [1.54, 1.807) is 6.08 Å². The minimum absolute atomic E-state index is 0.269. The monoisotopic (exact) mass is 387 g/mol. The molecule has 0 atom stereocenters. The van der Waals surface area contributed by atoms with Crippen molar-refractivity contribution in [1.82, 2.24) is 19.5 Å². The lowest BCUT2D eigenvalue weighted by Gasteiger charge is -2.07. The number of hydrogen-bond acceptors (Lipinski definition) is 5. The van der Waals surface area contributed by atoms with E-state index in [0.717, 1.165) is 12.8 Å². The number of nitrogens with zero attached hydrogens (tertiary/aromatic N) is 4. The van der Waals surface area contributed by atoms with Gasteiger partial charge in [-0.05, 0) is 34.3 Å². The van der Waals surface area contributed by atoms with Crippen LogP contribution in [0.1, 0.15) is 12.0 Å². The molecule has 0 spiro atoms. The number of aryl methyl sites for hydroxylation is 1. The molecule has 0 aliphatic heterocycles. The van der Waals surface area contributed by atoms with Gasteiger partial charge in [0.25, 0.3) is 0 Å². The summed E-state index contributed by atoms with van der Waals surface area (Å²) in [6.07, 6.45) is 3.59. The average Bonchev–Trinajstić information content (AvgIpc) is 2.90. The zero-order valence-corrected chi connectivity index (χ0v) is 14.7. The van der Waals surface area contributed by atoms with Crippen molar-refractivity contribution in [3.8, 4) is 6.01 Å². The first kappa shape index (κ1) is 16.4. The molecule has 6 nitrogen and oxygen atoms in total. The molecule has 0 amide bonds. The Bertz CT molecular complexity index is 847. The maximum Gasteiger partial charge on any atom is 0.320 e. The summed E-state index contributed by atoms with van der Waals surface area (Å²) in [5.74, 6) is 0.307. The predicted octanol–water partition coefficient (Wildman–Crippen LogP) is 3.37. The average molecular weight is 388 g/mol. The molecule has 2 heterocycles. The summed E-state index contributed by atoms with van der Waals surface area (Å²) < 4.78 is 8.17. The van der Waals surface area contributed by atoms with Crippen LogP contribution < -0.4 is 10.5 Å². The lowest BCUT2D eigenvalue weighted by atomic mass is 10.1. The van der Waals surface area contributed by atoms with Gasteiger partial charge in [-0.25, -0.2) is 4.98 Å². The van der Waals surface area contributed by atoms with Crippen molar-refractivity contribution in [3.05, 3.63) is 53.3 Å². The van der Waals surface area contributed by atoms with Crippen LogP contribution in [0.15, 0.2) is 47.7 Å². The third kappa shape index (κ3) is 3.56. The highest BCUT2D eigenvalue weighted by molar-refractivity contribution is 9.10. The SMILES string of the molecule is C=CCn1c(Br)nc2c(N)nc(OCCCc3ccccc3)nc21. The second-order valence-electron chi connectivity index (χ2n) is 5.28. The summed E-state index contributed by atoms with van der Waals surface area (Å²) in [6.45, 7) is 4.84. The van der Waals surface area contributed by atoms with Gasteiger partial charge < -0.3 is 10.5 Å². The normalized spacial score (nSPS) is 10.9. The molecule has 7 heteroatoms. The third-order valence-electron chi connectivity index (χ3n) is 3.55. The minimum atomic E-state index is 0.269. The number of hydrogen-bond donors (Lipinski definition) is 1. The summed E-state index contributed by atoms with van der Waals surface area (Å²) in [6, 6.07) is 10.6. The fourth-order valence-corrected chi connectivity index (χ4v) is 2.90. The highest BCUT2D eigenvalue weighted by atomic mass is 79.9.